The number of urea groups is 2. The normalized spacial score (nSPS) is 19.8. The Balaban J connectivity index is 0.000000169. The van der Waals surface area contributed by atoms with Crippen LogP contribution in [-0.2, 0) is 9.47 Å². The van der Waals surface area contributed by atoms with Crippen molar-refractivity contribution in [1.82, 2.24) is 68.4 Å². The van der Waals surface area contributed by atoms with Crippen molar-refractivity contribution in [2.24, 2.45) is 0 Å². The molecule has 400 valence electrons. The average Bonchev–Trinajstić information content (AvgIpc) is 4.08. The van der Waals surface area contributed by atoms with Crippen LogP contribution < -0.4 is 9.80 Å². The third-order valence-corrected chi connectivity index (χ3v) is 15.5. The first-order chi connectivity index (χ1) is 36.1. The molecule has 75 heavy (non-hydrogen) atoms. The number of likely N-dealkylation sites (tertiary alicyclic amines) is 2. The number of fused-ring (bicyclic) bond motifs is 2. The second-order valence-electron chi connectivity index (χ2n) is 20.3. The lowest BCUT2D eigenvalue weighted by atomic mass is 10.0. The maximum absolute atomic E-state index is 13.1. The van der Waals surface area contributed by atoms with Gasteiger partial charge in [0, 0.05) is 128 Å². The van der Waals surface area contributed by atoms with Crippen LogP contribution in [0.1, 0.15) is 37.8 Å². The largest absolute Gasteiger partial charge is 0.508 e. The van der Waals surface area contributed by atoms with E-state index in [1.807, 2.05) is 56.5 Å². The van der Waals surface area contributed by atoms with Gasteiger partial charge in [0.05, 0.1) is 39.1 Å². The summed E-state index contributed by atoms with van der Waals surface area (Å²) >= 11 is 0. The van der Waals surface area contributed by atoms with E-state index in [4.69, 9.17) is 39.4 Å². The lowest BCUT2D eigenvalue weighted by Gasteiger charge is -2.39. The number of nitrogens with zero attached hydrogens (tertiary/aromatic N) is 16. The quantitative estimate of drug-likeness (QED) is 0.236. The highest BCUT2D eigenvalue weighted by molar-refractivity contribution is 5.90. The van der Waals surface area contributed by atoms with Gasteiger partial charge in [0.1, 0.15) is 33.9 Å². The van der Waals surface area contributed by atoms with E-state index in [1.165, 1.54) is 0 Å². The zero-order valence-electron chi connectivity index (χ0n) is 43.0. The molecule has 6 saturated heterocycles. The molecule has 0 unspecified atom stereocenters. The minimum absolute atomic E-state index is 0. The number of likely N-dealkylation sites (N-methyl/N-ethyl adjacent to an activating group) is 2. The molecule has 0 atom stereocenters. The lowest BCUT2D eigenvalue weighted by molar-refractivity contribution is 0.109. The van der Waals surface area contributed by atoms with Crippen LogP contribution >= 0.6 is 12.4 Å². The first-order valence-corrected chi connectivity index (χ1v) is 26.3. The number of hydrogen-bond donors (Lipinski definition) is 2. The van der Waals surface area contributed by atoms with Gasteiger partial charge in [0.15, 0.2) is 11.3 Å². The third-order valence-electron chi connectivity index (χ3n) is 15.5. The number of hydrogen-bond acceptors (Lipinski definition) is 16. The maximum Gasteiger partial charge on any atom is 0.320 e. The Morgan fingerprint density at radius 3 is 1.21 bits per heavy atom. The number of rotatable bonds is 6. The number of phenolic OH excluding ortho intramolecular Hbond substituents is 2. The summed E-state index contributed by atoms with van der Waals surface area (Å²) in [4.78, 5) is 72.1. The number of halogens is 1. The van der Waals surface area contributed by atoms with Crippen LogP contribution in [0.25, 0.3) is 44.8 Å². The molecule has 0 aliphatic carbocycles. The molecule has 2 aromatic carbocycles. The Morgan fingerprint density at radius 2 is 0.853 bits per heavy atom. The number of piperidine rings is 2. The first kappa shape index (κ1) is 51.9. The summed E-state index contributed by atoms with van der Waals surface area (Å²) in [5, 5.41) is 20.2. The monoisotopic (exact) mass is 1050 g/mol. The maximum atomic E-state index is 13.1. The molecule has 6 aliphatic heterocycles. The zero-order chi connectivity index (χ0) is 50.7. The summed E-state index contributed by atoms with van der Waals surface area (Å²) in [7, 11) is 4.20. The number of piperazine rings is 2. The van der Waals surface area contributed by atoms with E-state index < -0.39 is 0 Å². The Bertz CT molecular complexity index is 2720. The minimum Gasteiger partial charge on any atom is -0.508 e. The van der Waals surface area contributed by atoms with Crippen molar-refractivity contribution >= 4 is 58.7 Å². The number of ether oxygens (including phenoxy) is 2. The summed E-state index contributed by atoms with van der Waals surface area (Å²) in [5.41, 5.74) is 6.06. The molecule has 0 spiro atoms. The number of benzene rings is 2. The number of carbonyl (C=O) groups is 2. The standard InChI is InChI=1S/2C26H34N8O3.ClH/c2*1-30-9-11-33(12-10-30)26(36)32-7-5-20(6-8-32)34-18-27-23-22(19-3-2-4-21(35)17-19)28-25(29-24(23)34)31-13-15-37-16-14-31;/h2*2-4,17-18,20,35H,5-16H2,1H3;1H. The molecule has 0 bridgehead atoms. The summed E-state index contributed by atoms with van der Waals surface area (Å²) in [6.07, 6.45) is 7.12. The van der Waals surface area contributed by atoms with Gasteiger partial charge in [-0.3, -0.25) is 0 Å². The van der Waals surface area contributed by atoms with Crippen LogP contribution in [0.4, 0.5) is 21.5 Å². The fourth-order valence-electron chi connectivity index (χ4n) is 10.9. The fraction of sp³-hybridized carbons (Fsp3) is 0.538. The second kappa shape index (κ2) is 23.1. The van der Waals surface area contributed by atoms with Crippen LogP contribution in [0, 0.1) is 0 Å². The number of aromatic hydroxyl groups is 2. The number of amides is 4. The topological polar surface area (TPSA) is 206 Å². The predicted octanol–water partition coefficient (Wildman–Crippen LogP) is 4.50. The molecule has 6 fully saturated rings. The molecule has 6 aromatic rings. The number of carbonyl (C=O) groups excluding carboxylic acids is 2. The van der Waals surface area contributed by atoms with Crippen molar-refractivity contribution in [3.63, 3.8) is 0 Å². The lowest BCUT2D eigenvalue weighted by Crippen LogP contribution is -2.53. The summed E-state index contributed by atoms with van der Waals surface area (Å²) in [6, 6.07) is 15.0. The Morgan fingerprint density at radius 1 is 0.493 bits per heavy atom. The summed E-state index contributed by atoms with van der Waals surface area (Å²) < 4.78 is 15.4. The Hall–Kier alpha value is -6.59. The van der Waals surface area contributed by atoms with Gasteiger partial charge in [0.2, 0.25) is 11.9 Å². The number of anilines is 2. The van der Waals surface area contributed by atoms with Gasteiger partial charge in [-0.05, 0) is 64.0 Å². The van der Waals surface area contributed by atoms with Crippen LogP contribution in [0.3, 0.4) is 0 Å². The highest BCUT2D eigenvalue weighted by Crippen LogP contribution is 2.35. The molecule has 12 rings (SSSR count). The van der Waals surface area contributed by atoms with Crippen molar-refractivity contribution in [2.75, 3.05) is 155 Å². The van der Waals surface area contributed by atoms with Gasteiger partial charge in [-0.2, -0.15) is 9.97 Å². The summed E-state index contributed by atoms with van der Waals surface area (Å²) in [6.45, 7) is 15.2. The zero-order valence-corrected chi connectivity index (χ0v) is 43.8. The number of imidazole rings is 2. The van der Waals surface area contributed by atoms with Crippen molar-refractivity contribution in [3.05, 3.63) is 61.2 Å². The van der Waals surface area contributed by atoms with E-state index in [2.05, 4.69) is 42.8 Å². The van der Waals surface area contributed by atoms with E-state index in [0.717, 1.165) is 164 Å². The molecular weight excluding hydrogens is 980 g/mol. The number of phenols is 2. The van der Waals surface area contributed by atoms with Crippen LogP contribution in [0.2, 0.25) is 0 Å². The Labute approximate surface area is 442 Å². The first-order valence-electron chi connectivity index (χ1n) is 26.3. The van der Waals surface area contributed by atoms with Crippen LogP contribution in [-0.4, -0.2) is 236 Å². The van der Waals surface area contributed by atoms with Crippen molar-refractivity contribution in [2.45, 2.75) is 37.8 Å². The van der Waals surface area contributed by atoms with Gasteiger partial charge >= 0.3 is 12.1 Å². The molecule has 2 N–H and O–H groups in total. The van der Waals surface area contributed by atoms with E-state index in [-0.39, 0.29) is 48.1 Å². The molecule has 4 amide bonds. The fourth-order valence-corrected chi connectivity index (χ4v) is 10.9. The predicted molar refractivity (Wildman–Crippen MR) is 287 cm³/mol. The van der Waals surface area contributed by atoms with Crippen molar-refractivity contribution < 1.29 is 29.3 Å². The molecular formula is C52H69ClN16O6. The van der Waals surface area contributed by atoms with Gasteiger partial charge in [-0.15, -0.1) is 12.4 Å². The van der Waals surface area contributed by atoms with Gasteiger partial charge in [-0.25, -0.2) is 29.5 Å². The van der Waals surface area contributed by atoms with E-state index in [9.17, 15) is 19.8 Å². The molecule has 0 saturated carbocycles. The molecule has 4 aromatic heterocycles. The smallest absolute Gasteiger partial charge is 0.320 e. The van der Waals surface area contributed by atoms with Crippen molar-refractivity contribution in [1.29, 1.82) is 0 Å². The van der Waals surface area contributed by atoms with Gasteiger partial charge < -0.3 is 68.0 Å². The molecule has 6 aliphatic rings. The molecule has 23 heteroatoms. The van der Waals surface area contributed by atoms with E-state index in [0.29, 0.717) is 49.7 Å². The van der Waals surface area contributed by atoms with Gasteiger partial charge in [-0.1, -0.05) is 24.3 Å². The highest BCUT2D eigenvalue weighted by atomic mass is 35.5. The molecule has 10 heterocycles. The van der Waals surface area contributed by atoms with Crippen LogP contribution in [0.5, 0.6) is 11.5 Å². The van der Waals surface area contributed by atoms with Crippen LogP contribution in [0.15, 0.2) is 61.2 Å². The third kappa shape index (κ3) is 11.3. The van der Waals surface area contributed by atoms with Crippen molar-refractivity contribution in [3.8, 4) is 34.0 Å². The average molecular weight is 1050 g/mol. The number of aromatic nitrogens is 8. The number of morpholine rings is 2. The summed E-state index contributed by atoms with van der Waals surface area (Å²) in [5.74, 6) is 1.68. The Kier molecular flexibility index (Phi) is 16.0. The molecule has 0 radical (unpaired) electrons. The SMILES string of the molecule is CN1CCN(C(=O)N2CCC(n3cnc4c(-c5cccc(O)c5)nc(N5CCOCC5)nc43)CC2)CC1.CN1CCN(C(=O)N2CCC(n3cnc4c(-c5cccc(O)c5)nc(N5CCOCC5)nc43)CC2)CC1.Cl. The van der Waals surface area contributed by atoms with E-state index in [1.54, 1.807) is 24.3 Å². The van der Waals surface area contributed by atoms with E-state index >= 15 is 0 Å². The highest BCUT2D eigenvalue weighted by Gasteiger charge is 2.33. The molecule has 22 nitrogen and oxygen atoms in total. The second-order valence-corrected chi connectivity index (χ2v) is 20.3. The minimum atomic E-state index is 0. The van der Waals surface area contributed by atoms with Gasteiger partial charge in [0.25, 0.3) is 0 Å².